The lowest BCUT2D eigenvalue weighted by Gasteiger charge is -2.22. The topological polar surface area (TPSA) is 87.3 Å². The molecule has 0 saturated carbocycles. The van der Waals surface area contributed by atoms with Crippen LogP contribution in [-0.2, 0) is 14.8 Å². The van der Waals surface area contributed by atoms with Crippen molar-refractivity contribution in [3.63, 3.8) is 0 Å². The fraction of sp³-hybridized carbons (Fsp3) is 0.562. The van der Waals surface area contributed by atoms with Crippen LogP contribution in [-0.4, -0.2) is 34.0 Å². The number of hydrogen-bond donors (Lipinski definition) is 3. The fourth-order valence-electron chi connectivity index (χ4n) is 2.74. The second kappa shape index (κ2) is 9.36. The summed E-state index contributed by atoms with van der Waals surface area (Å²) in [6.07, 6.45) is 3.12. The van der Waals surface area contributed by atoms with Crippen LogP contribution in [0.15, 0.2) is 23.1 Å². The van der Waals surface area contributed by atoms with Crippen LogP contribution < -0.4 is 15.4 Å². The third kappa shape index (κ3) is 6.05. The first-order valence-electron chi connectivity index (χ1n) is 7.97. The Bertz CT molecular complexity index is 659. The van der Waals surface area contributed by atoms with Crippen LogP contribution in [0.25, 0.3) is 0 Å². The van der Waals surface area contributed by atoms with Crippen molar-refractivity contribution in [3.05, 3.63) is 23.8 Å². The molecule has 24 heavy (non-hydrogen) atoms. The number of hydrogen-bond acceptors (Lipinski definition) is 4. The fourth-order valence-corrected chi connectivity index (χ4v) is 3.82. The maximum absolute atomic E-state index is 12.4. The third-order valence-corrected chi connectivity index (χ3v) is 5.53. The molecule has 1 fully saturated rings. The Hall–Kier alpha value is -1.15. The Morgan fingerprint density at radius 3 is 2.75 bits per heavy atom. The SMILES string of the molecule is CC(=O)Nc1cc(S(=O)(=O)NCCC2CCCNC2)ccc1C.Cl. The molecule has 1 unspecified atom stereocenters. The molecule has 136 valence electrons. The molecule has 1 atom stereocenters. The molecular formula is C16H26ClN3O3S. The van der Waals surface area contributed by atoms with E-state index < -0.39 is 10.0 Å². The molecule has 1 aliphatic heterocycles. The number of piperidine rings is 1. The summed E-state index contributed by atoms with van der Waals surface area (Å²) in [6, 6.07) is 4.76. The third-order valence-electron chi connectivity index (χ3n) is 4.07. The zero-order valence-electron chi connectivity index (χ0n) is 14.1. The summed E-state index contributed by atoms with van der Waals surface area (Å²) in [5.74, 6) is 0.305. The maximum Gasteiger partial charge on any atom is 0.240 e. The molecule has 2 rings (SSSR count). The largest absolute Gasteiger partial charge is 0.326 e. The summed E-state index contributed by atoms with van der Waals surface area (Å²) >= 11 is 0. The van der Waals surface area contributed by atoms with Gasteiger partial charge in [-0.15, -0.1) is 12.4 Å². The molecule has 0 aromatic heterocycles. The van der Waals surface area contributed by atoms with Gasteiger partial charge in [-0.2, -0.15) is 0 Å². The van der Waals surface area contributed by atoms with Crippen LogP contribution in [0.5, 0.6) is 0 Å². The van der Waals surface area contributed by atoms with E-state index in [4.69, 9.17) is 0 Å². The number of amides is 1. The highest BCUT2D eigenvalue weighted by Crippen LogP contribution is 2.20. The molecule has 0 spiro atoms. The molecule has 1 aromatic rings. The molecule has 6 nitrogen and oxygen atoms in total. The van der Waals surface area contributed by atoms with E-state index in [1.165, 1.54) is 13.0 Å². The van der Waals surface area contributed by atoms with Gasteiger partial charge in [0.05, 0.1) is 4.90 Å². The van der Waals surface area contributed by atoms with Crippen molar-refractivity contribution in [1.29, 1.82) is 0 Å². The van der Waals surface area contributed by atoms with Gasteiger partial charge in [0.2, 0.25) is 15.9 Å². The number of aryl methyl sites for hydroxylation is 1. The lowest BCUT2D eigenvalue weighted by Crippen LogP contribution is -2.33. The second-order valence-electron chi connectivity index (χ2n) is 6.06. The predicted octanol–water partition coefficient (Wildman–Crippen LogP) is 2.04. The number of nitrogens with one attached hydrogen (secondary N) is 3. The van der Waals surface area contributed by atoms with E-state index in [2.05, 4.69) is 15.4 Å². The number of sulfonamides is 1. The van der Waals surface area contributed by atoms with Gasteiger partial charge >= 0.3 is 0 Å². The van der Waals surface area contributed by atoms with Gasteiger partial charge in [-0.3, -0.25) is 4.79 Å². The highest BCUT2D eigenvalue weighted by atomic mass is 35.5. The van der Waals surface area contributed by atoms with Crippen LogP contribution in [0.3, 0.4) is 0 Å². The first-order valence-corrected chi connectivity index (χ1v) is 9.45. The maximum atomic E-state index is 12.4. The van der Waals surface area contributed by atoms with E-state index >= 15 is 0 Å². The molecule has 1 aliphatic rings. The number of benzene rings is 1. The van der Waals surface area contributed by atoms with Gasteiger partial charge < -0.3 is 10.6 Å². The Kier molecular flexibility index (Phi) is 8.15. The standard InChI is InChI=1S/C16H25N3O3S.ClH/c1-12-5-6-15(10-16(12)19-13(2)20)23(21,22)18-9-7-14-4-3-8-17-11-14;/h5-6,10,14,17-18H,3-4,7-9,11H2,1-2H3,(H,19,20);1H. The zero-order valence-corrected chi connectivity index (χ0v) is 15.7. The molecule has 0 radical (unpaired) electrons. The highest BCUT2D eigenvalue weighted by Gasteiger charge is 2.17. The van der Waals surface area contributed by atoms with E-state index in [-0.39, 0.29) is 23.2 Å². The molecule has 3 N–H and O–H groups in total. The van der Waals surface area contributed by atoms with Crippen molar-refractivity contribution in [1.82, 2.24) is 10.0 Å². The molecule has 1 aromatic carbocycles. The molecule has 0 aliphatic carbocycles. The van der Waals surface area contributed by atoms with Crippen LogP contribution >= 0.6 is 12.4 Å². The smallest absolute Gasteiger partial charge is 0.240 e. The van der Waals surface area contributed by atoms with Gasteiger partial charge in [-0.25, -0.2) is 13.1 Å². The van der Waals surface area contributed by atoms with Crippen molar-refractivity contribution in [3.8, 4) is 0 Å². The van der Waals surface area contributed by atoms with Crippen molar-refractivity contribution < 1.29 is 13.2 Å². The zero-order chi connectivity index (χ0) is 16.9. The van der Waals surface area contributed by atoms with Gasteiger partial charge in [0, 0.05) is 19.2 Å². The second-order valence-corrected chi connectivity index (χ2v) is 7.82. The Balaban J connectivity index is 0.00000288. The summed E-state index contributed by atoms with van der Waals surface area (Å²) in [5.41, 5.74) is 1.35. The Morgan fingerprint density at radius 1 is 1.38 bits per heavy atom. The van der Waals surface area contributed by atoms with Crippen LogP contribution in [0.4, 0.5) is 5.69 Å². The summed E-state index contributed by atoms with van der Waals surface area (Å²) in [6.45, 7) is 5.66. The van der Waals surface area contributed by atoms with Gasteiger partial charge in [-0.05, 0) is 62.9 Å². The van der Waals surface area contributed by atoms with E-state index in [1.54, 1.807) is 12.1 Å². The van der Waals surface area contributed by atoms with Crippen LogP contribution in [0.2, 0.25) is 0 Å². The first-order chi connectivity index (χ1) is 10.9. The quantitative estimate of drug-likeness (QED) is 0.710. The average Bonchev–Trinajstić information content (AvgIpc) is 2.50. The summed E-state index contributed by atoms with van der Waals surface area (Å²) in [5, 5.41) is 5.98. The van der Waals surface area contributed by atoms with Crippen molar-refractivity contribution in [2.75, 3.05) is 25.0 Å². The molecule has 1 amide bonds. The minimum absolute atomic E-state index is 0. The highest BCUT2D eigenvalue weighted by molar-refractivity contribution is 7.89. The minimum Gasteiger partial charge on any atom is -0.326 e. The lowest BCUT2D eigenvalue weighted by molar-refractivity contribution is -0.114. The number of halogens is 1. The van der Waals surface area contributed by atoms with Crippen molar-refractivity contribution in [2.24, 2.45) is 5.92 Å². The van der Waals surface area contributed by atoms with Gasteiger partial charge in [-0.1, -0.05) is 6.07 Å². The van der Waals surface area contributed by atoms with Crippen molar-refractivity contribution >= 4 is 34.0 Å². The van der Waals surface area contributed by atoms with Gasteiger partial charge in [0.1, 0.15) is 0 Å². The van der Waals surface area contributed by atoms with E-state index in [0.29, 0.717) is 18.2 Å². The molecule has 1 heterocycles. The van der Waals surface area contributed by atoms with E-state index in [1.807, 2.05) is 6.92 Å². The van der Waals surface area contributed by atoms with Gasteiger partial charge in [0.25, 0.3) is 0 Å². The average molecular weight is 376 g/mol. The number of rotatable bonds is 6. The van der Waals surface area contributed by atoms with Crippen molar-refractivity contribution in [2.45, 2.75) is 38.0 Å². The summed E-state index contributed by atoms with van der Waals surface area (Å²) in [4.78, 5) is 11.4. The monoisotopic (exact) mass is 375 g/mol. The Morgan fingerprint density at radius 2 is 2.12 bits per heavy atom. The van der Waals surface area contributed by atoms with E-state index in [9.17, 15) is 13.2 Å². The predicted molar refractivity (Wildman–Crippen MR) is 98.1 cm³/mol. The number of carbonyl (C=O) groups is 1. The van der Waals surface area contributed by atoms with Crippen LogP contribution in [0, 0.1) is 12.8 Å². The van der Waals surface area contributed by atoms with Gasteiger partial charge in [0.15, 0.2) is 0 Å². The number of carbonyl (C=O) groups excluding carboxylic acids is 1. The first kappa shape index (κ1) is 20.9. The normalized spacial score (nSPS) is 17.8. The molecule has 1 saturated heterocycles. The molecule has 8 heteroatoms. The minimum atomic E-state index is -3.56. The molecule has 0 bridgehead atoms. The van der Waals surface area contributed by atoms with E-state index in [0.717, 1.165) is 37.9 Å². The van der Waals surface area contributed by atoms with Crippen LogP contribution in [0.1, 0.15) is 31.7 Å². The summed E-state index contributed by atoms with van der Waals surface area (Å²) in [7, 11) is -3.56. The Labute approximate surface area is 150 Å². The molecular weight excluding hydrogens is 350 g/mol. The lowest BCUT2D eigenvalue weighted by atomic mass is 9.96. The number of anilines is 1. The summed E-state index contributed by atoms with van der Waals surface area (Å²) < 4.78 is 27.4.